The molecule has 4 rings (SSSR count). The predicted molar refractivity (Wildman–Crippen MR) is 57.7 cm³/mol. The topological polar surface area (TPSA) is 17.1 Å². The summed E-state index contributed by atoms with van der Waals surface area (Å²) in [4.78, 5) is 12.2. The van der Waals surface area contributed by atoms with Gasteiger partial charge in [-0.15, -0.1) is 0 Å². The van der Waals surface area contributed by atoms with E-state index >= 15 is 0 Å². The highest BCUT2D eigenvalue weighted by molar-refractivity contribution is 6.04. The largest absolute Gasteiger partial charge is 0.294 e. The molecule has 0 N–H and O–H groups in total. The fourth-order valence-electron chi connectivity index (χ4n) is 3.80. The quantitative estimate of drug-likeness (QED) is 0.583. The van der Waals surface area contributed by atoms with E-state index in [4.69, 9.17) is 0 Å². The Balaban J connectivity index is 1.96. The van der Waals surface area contributed by atoms with Gasteiger partial charge >= 0.3 is 0 Å². The molecule has 1 nitrogen and oxygen atoms in total. The van der Waals surface area contributed by atoms with Crippen LogP contribution in [0.3, 0.4) is 0 Å². The predicted octanol–water partition coefficient (Wildman–Crippen LogP) is 2.79. The lowest BCUT2D eigenvalue weighted by Gasteiger charge is -2.19. The smallest absolute Gasteiger partial charge is 0.167 e. The van der Waals surface area contributed by atoms with Gasteiger partial charge in [0.05, 0.1) is 0 Å². The number of benzene rings is 1. The van der Waals surface area contributed by atoms with Gasteiger partial charge in [0.15, 0.2) is 5.78 Å². The first-order valence-electron chi connectivity index (χ1n) is 5.68. The summed E-state index contributed by atoms with van der Waals surface area (Å²) in [5.41, 5.74) is 2.30. The van der Waals surface area contributed by atoms with E-state index in [0.717, 1.165) is 5.56 Å². The van der Waals surface area contributed by atoms with Gasteiger partial charge in [0.2, 0.25) is 0 Å². The van der Waals surface area contributed by atoms with Gasteiger partial charge in [-0.2, -0.15) is 0 Å². The van der Waals surface area contributed by atoms with Gasteiger partial charge in [0.1, 0.15) is 0 Å². The third-order valence-electron chi connectivity index (χ3n) is 4.35. The van der Waals surface area contributed by atoms with Crippen molar-refractivity contribution in [1.29, 1.82) is 0 Å². The summed E-state index contributed by atoms with van der Waals surface area (Å²) in [6.45, 7) is 0. The van der Waals surface area contributed by atoms with Gasteiger partial charge in [-0.05, 0) is 23.8 Å². The van der Waals surface area contributed by atoms with Crippen LogP contribution in [0.1, 0.15) is 28.3 Å². The second kappa shape index (κ2) is 2.41. The molecule has 0 radical (unpaired) electrons. The minimum Gasteiger partial charge on any atom is -0.294 e. The van der Waals surface area contributed by atoms with Crippen LogP contribution in [-0.4, -0.2) is 5.78 Å². The molecular formula is C14H12O. The Labute approximate surface area is 88.8 Å². The number of carbonyl (C=O) groups excluding carboxylic acids is 1. The van der Waals surface area contributed by atoms with E-state index in [-0.39, 0.29) is 5.92 Å². The molecule has 1 aromatic carbocycles. The summed E-state index contributed by atoms with van der Waals surface area (Å²) in [5.74, 6) is 2.33. The molecule has 0 amide bonds. The van der Waals surface area contributed by atoms with Crippen molar-refractivity contribution in [2.45, 2.75) is 12.3 Å². The molecule has 2 bridgehead atoms. The van der Waals surface area contributed by atoms with Crippen LogP contribution in [0.4, 0.5) is 0 Å². The zero-order valence-electron chi connectivity index (χ0n) is 8.39. The van der Waals surface area contributed by atoms with Crippen molar-refractivity contribution < 1.29 is 4.79 Å². The Morgan fingerprint density at radius 1 is 1.00 bits per heavy atom. The first-order valence-corrected chi connectivity index (χ1v) is 5.68. The summed E-state index contributed by atoms with van der Waals surface area (Å²) < 4.78 is 0. The van der Waals surface area contributed by atoms with E-state index in [2.05, 4.69) is 24.3 Å². The van der Waals surface area contributed by atoms with Gasteiger partial charge in [0.25, 0.3) is 0 Å². The molecular weight excluding hydrogens is 184 g/mol. The average molecular weight is 196 g/mol. The summed E-state index contributed by atoms with van der Waals surface area (Å²) in [6, 6.07) is 8.18. The number of carbonyl (C=O) groups is 1. The fourth-order valence-corrected chi connectivity index (χ4v) is 3.80. The van der Waals surface area contributed by atoms with Crippen molar-refractivity contribution in [3.05, 3.63) is 47.5 Å². The number of rotatable bonds is 0. The maximum Gasteiger partial charge on any atom is 0.167 e. The second-order valence-corrected chi connectivity index (χ2v) is 4.95. The molecule has 1 saturated carbocycles. The van der Waals surface area contributed by atoms with E-state index in [0.29, 0.717) is 23.5 Å². The molecule has 0 spiro atoms. The van der Waals surface area contributed by atoms with Gasteiger partial charge in [-0.1, -0.05) is 36.4 Å². The van der Waals surface area contributed by atoms with Crippen LogP contribution in [0, 0.1) is 17.8 Å². The van der Waals surface area contributed by atoms with Crippen molar-refractivity contribution in [1.82, 2.24) is 0 Å². The number of hydrogen-bond acceptors (Lipinski definition) is 1. The van der Waals surface area contributed by atoms with E-state index in [1.807, 2.05) is 12.1 Å². The summed E-state index contributed by atoms with van der Waals surface area (Å²) in [6.07, 6.45) is 5.78. The number of allylic oxidation sites excluding steroid dienone is 2. The first kappa shape index (κ1) is 7.86. The van der Waals surface area contributed by atoms with E-state index in [9.17, 15) is 4.79 Å². The highest BCUT2D eigenvalue weighted by Crippen LogP contribution is 2.58. The fraction of sp³-hybridized carbons (Fsp3) is 0.357. The Morgan fingerprint density at radius 2 is 1.73 bits per heavy atom. The van der Waals surface area contributed by atoms with Gasteiger partial charge in [0, 0.05) is 17.4 Å². The van der Waals surface area contributed by atoms with Crippen molar-refractivity contribution >= 4 is 5.78 Å². The monoisotopic (exact) mass is 196 g/mol. The molecule has 0 aromatic heterocycles. The van der Waals surface area contributed by atoms with Crippen LogP contribution in [0.25, 0.3) is 0 Å². The molecule has 1 aromatic rings. The zero-order chi connectivity index (χ0) is 9.99. The molecule has 1 fully saturated rings. The van der Waals surface area contributed by atoms with Crippen molar-refractivity contribution in [2.24, 2.45) is 17.8 Å². The Hall–Kier alpha value is -1.37. The number of hydrogen-bond donors (Lipinski definition) is 0. The average Bonchev–Trinajstić information content (AvgIpc) is 2.92. The minimum atomic E-state index is 0.275. The van der Waals surface area contributed by atoms with Gasteiger partial charge in [-0.25, -0.2) is 0 Å². The van der Waals surface area contributed by atoms with E-state index < -0.39 is 0 Å². The van der Waals surface area contributed by atoms with Crippen molar-refractivity contribution in [3.63, 3.8) is 0 Å². The molecule has 3 aliphatic rings. The molecule has 0 heterocycles. The maximum atomic E-state index is 12.2. The second-order valence-electron chi connectivity index (χ2n) is 4.95. The summed E-state index contributed by atoms with van der Waals surface area (Å²) in [5, 5.41) is 0. The maximum absolute atomic E-state index is 12.2. The number of fused-ring (bicyclic) bond motifs is 7. The first-order chi connectivity index (χ1) is 7.36. The third-order valence-corrected chi connectivity index (χ3v) is 4.35. The standard InChI is InChI=1S/C14H12O/c15-14-11-4-2-1-3-10(11)12-8-5-6-9(7-8)13(12)14/h1-6,8-9,12-13H,7H2/t8-,9+,12-,13+/m1/s1. The Morgan fingerprint density at radius 3 is 2.60 bits per heavy atom. The number of Topliss-reactive ketones (excluding diaryl/α,β-unsaturated/α-hetero) is 1. The van der Waals surface area contributed by atoms with E-state index in [1.165, 1.54) is 12.0 Å². The van der Waals surface area contributed by atoms with Crippen molar-refractivity contribution in [3.8, 4) is 0 Å². The molecule has 3 aliphatic carbocycles. The third kappa shape index (κ3) is 0.785. The molecule has 4 atom stereocenters. The molecule has 74 valence electrons. The molecule has 1 heteroatoms. The van der Waals surface area contributed by atoms with Gasteiger partial charge in [-0.3, -0.25) is 4.79 Å². The van der Waals surface area contributed by atoms with Gasteiger partial charge < -0.3 is 0 Å². The normalized spacial score (nSPS) is 39.6. The lowest BCUT2D eigenvalue weighted by molar-refractivity contribution is 0.0911. The van der Waals surface area contributed by atoms with Crippen LogP contribution >= 0.6 is 0 Å². The summed E-state index contributed by atoms with van der Waals surface area (Å²) >= 11 is 0. The van der Waals surface area contributed by atoms with E-state index in [1.54, 1.807) is 0 Å². The summed E-state index contributed by atoms with van der Waals surface area (Å²) in [7, 11) is 0. The van der Waals surface area contributed by atoms with Crippen LogP contribution in [0.2, 0.25) is 0 Å². The lowest BCUT2D eigenvalue weighted by atomic mass is 9.83. The van der Waals surface area contributed by atoms with Crippen LogP contribution in [0.15, 0.2) is 36.4 Å². The molecule has 0 saturated heterocycles. The Bertz CT molecular complexity index is 486. The highest BCUT2D eigenvalue weighted by atomic mass is 16.1. The zero-order valence-corrected chi connectivity index (χ0v) is 8.39. The number of ketones is 1. The Kier molecular flexibility index (Phi) is 1.26. The molecule has 15 heavy (non-hydrogen) atoms. The highest BCUT2D eigenvalue weighted by Gasteiger charge is 2.53. The molecule has 0 aliphatic heterocycles. The van der Waals surface area contributed by atoms with Crippen LogP contribution in [0.5, 0.6) is 0 Å². The van der Waals surface area contributed by atoms with Crippen LogP contribution < -0.4 is 0 Å². The van der Waals surface area contributed by atoms with Crippen LogP contribution in [-0.2, 0) is 0 Å². The SMILES string of the molecule is O=C1c2ccccc2[C@@H]2[C@@H]1[C@H]1C=C[C@@H]2C1. The molecule has 0 unspecified atom stereocenters. The lowest BCUT2D eigenvalue weighted by Crippen LogP contribution is -2.18. The minimum absolute atomic E-state index is 0.275. The van der Waals surface area contributed by atoms with Crippen molar-refractivity contribution in [2.75, 3.05) is 0 Å².